The standard InChI is InChI=1S/C13H30O2Si/c1-9-13(5,15-11-10-14-6)16(7,8)12(2,3)4/h9-11H2,1-8H3. The van der Waals surface area contributed by atoms with Gasteiger partial charge in [-0.1, -0.05) is 40.8 Å². The number of rotatable bonds is 6. The van der Waals surface area contributed by atoms with E-state index >= 15 is 0 Å². The number of ether oxygens (including phenoxy) is 2. The van der Waals surface area contributed by atoms with Gasteiger partial charge in [-0.05, 0) is 18.4 Å². The number of methoxy groups -OCH3 is 1. The Morgan fingerprint density at radius 2 is 1.50 bits per heavy atom. The van der Waals surface area contributed by atoms with Crippen LogP contribution in [0.1, 0.15) is 41.0 Å². The predicted octanol–water partition coefficient (Wildman–Crippen LogP) is 3.87. The summed E-state index contributed by atoms with van der Waals surface area (Å²) in [5.41, 5.74) is 0. The maximum absolute atomic E-state index is 6.15. The summed E-state index contributed by atoms with van der Waals surface area (Å²) < 4.78 is 11.2. The first-order valence-electron chi connectivity index (χ1n) is 6.25. The van der Waals surface area contributed by atoms with E-state index in [0.29, 0.717) is 18.3 Å². The van der Waals surface area contributed by atoms with Crippen molar-refractivity contribution in [3.63, 3.8) is 0 Å². The third-order valence-corrected chi connectivity index (χ3v) is 11.5. The van der Waals surface area contributed by atoms with Crippen LogP contribution >= 0.6 is 0 Å². The minimum Gasteiger partial charge on any atom is -0.382 e. The predicted molar refractivity (Wildman–Crippen MR) is 73.7 cm³/mol. The van der Waals surface area contributed by atoms with Gasteiger partial charge in [0.25, 0.3) is 0 Å². The molecule has 98 valence electrons. The van der Waals surface area contributed by atoms with Crippen LogP contribution in [-0.4, -0.2) is 33.6 Å². The normalized spacial score (nSPS) is 17.2. The van der Waals surface area contributed by atoms with E-state index in [2.05, 4.69) is 47.7 Å². The molecule has 0 aliphatic rings. The highest BCUT2D eigenvalue weighted by Crippen LogP contribution is 2.45. The van der Waals surface area contributed by atoms with Crippen LogP contribution in [0.5, 0.6) is 0 Å². The highest BCUT2D eigenvalue weighted by atomic mass is 28.3. The van der Waals surface area contributed by atoms with Crippen LogP contribution in [0.4, 0.5) is 0 Å². The lowest BCUT2D eigenvalue weighted by Crippen LogP contribution is -2.59. The third-order valence-electron chi connectivity index (χ3n) is 4.58. The van der Waals surface area contributed by atoms with Gasteiger partial charge in [0.05, 0.1) is 26.5 Å². The summed E-state index contributed by atoms with van der Waals surface area (Å²) in [6.45, 7) is 17.8. The first-order chi connectivity index (χ1) is 7.12. The molecule has 0 aromatic carbocycles. The molecular weight excluding hydrogens is 216 g/mol. The van der Waals surface area contributed by atoms with Gasteiger partial charge in [0, 0.05) is 7.11 Å². The van der Waals surface area contributed by atoms with Gasteiger partial charge in [-0.25, -0.2) is 0 Å². The number of hydrogen-bond donors (Lipinski definition) is 0. The molecule has 0 heterocycles. The zero-order valence-electron chi connectivity index (χ0n) is 12.4. The second-order valence-corrected chi connectivity index (χ2v) is 12.1. The van der Waals surface area contributed by atoms with Crippen molar-refractivity contribution in [2.75, 3.05) is 20.3 Å². The maximum atomic E-state index is 6.15. The molecule has 1 atom stereocenters. The Hall–Kier alpha value is 0.137. The van der Waals surface area contributed by atoms with Crippen LogP contribution in [0, 0.1) is 0 Å². The summed E-state index contributed by atoms with van der Waals surface area (Å²) in [5, 5.41) is 0.384. The van der Waals surface area contributed by atoms with Gasteiger partial charge >= 0.3 is 0 Å². The zero-order valence-corrected chi connectivity index (χ0v) is 13.4. The molecule has 0 saturated heterocycles. The molecule has 0 bridgehead atoms. The van der Waals surface area contributed by atoms with Crippen molar-refractivity contribution < 1.29 is 9.47 Å². The fourth-order valence-electron chi connectivity index (χ4n) is 1.87. The molecule has 16 heavy (non-hydrogen) atoms. The molecule has 0 radical (unpaired) electrons. The van der Waals surface area contributed by atoms with E-state index < -0.39 is 8.07 Å². The summed E-state index contributed by atoms with van der Waals surface area (Å²) in [5.74, 6) is 0. The molecule has 0 aliphatic heterocycles. The van der Waals surface area contributed by atoms with E-state index in [1.807, 2.05) is 0 Å². The molecule has 0 saturated carbocycles. The molecule has 0 N–H and O–H groups in total. The molecule has 0 rings (SSSR count). The van der Waals surface area contributed by atoms with E-state index in [1.54, 1.807) is 7.11 Å². The van der Waals surface area contributed by atoms with Crippen molar-refractivity contribution in [2.45, 2.75) is 64.4 Å². The lowest BCUT2D eigenvalue weighted by molar-refractivity contribution is -0.0103. The lowest BCUT2D eigenvalue weighted by atomic mass is 10.2. The van der Waals surface area contributed by atoms with E-state index in [0.717, 1.165) is 6.42 Å². The Morgan fingerprint density at radius 1 is 1.00 bits per heavy atom. The van der Waals surface area contributed by atoms with Crippen LogP contribution in [0.3, 0.4) is 0 Å². The van der Waals surface area contributed by atoms with Gasteiger partial charge in [0.1, 0.15) is 0 Å². The molecule has 0 aliphatic carbocycles. The second-order valence-electron chi connectivity index (χ2n) is 6.30. The van der Waals surface area contributed by atoms with Gasteiger partial charge in [-0.2, -0.15) is 0 Å². The molecule has 0 amide bonds. The molecule has 3 heteroatoms. The van der Waals surface area contributed by atoms with Crippen molar-refractivity contribution in [2.24, 2.45) is 0 Å². The van der Waals surface area contributed by atoms with Crippen molar-refractivity contribution in [1.82, 2.24) is 0 Å². The minimum atomic E-state index is -1.49. The van der Waals surface area contributed by atoms with Crippen LogP contribution in [0.15, 0.2) is 0 Å². The van der Waals surface area contributed by atoms with E-state index in [-0.39, 0.29) is 5.22 Å². The smallest absolute Gasteiger partial charge is 0.0903 e. The van der Waals surface area contributed by atoms with Crippen LogP contribution in [0.2, 0.25) is 18.1 Å². The Bertz CT molecular complexity index is 208. The molecule has 2 nitrogen and oxygen atoms in total. The average Bonchev–Trinajstić information content (AvgIpc) is 2.16. The molecule has 1 unspecified atom stereocenters. The van der Waals surface area contributed by atoms with E-state index in [9.17, 15) is 0 Å². The molecule has 0 fully saturated rings. The van der Waals surface area contributed by atoms with Crippen molar-refractivity contribution >= 4 is 8.07 Å². The van der Waals surface area contributed by atoms with Gasteiger partial charge in [0.2, 0.25) is 0 Å². The quantitative estimate of drug-likeness (QED) is 0.523. The fraction of sp³-hybridized carbons (Fsp3) is 1.00. The summed E-state index contributed by atoms with van der Waals surface area (Å²) >= 11 is 0. The first-order valence-corrected chi connectivity index (χ1v) is 9.25. The average molecular weight is 246 g/mol. The molecule has 0 aromatic rings. The van der Waals surface area contributed by atoms with Crippen LogP contribution in [0.25, 0.3) is 0 Å². The summed E-state index contributed by atoms with van der Waals surface area (Å²) in [7, 11) is 0.235. The monoisotopic (exact) mass is 246 g/mol. The fourth-order valence-corrected chi connectivity index (χ4v) is 4.80. The summed E-state index contributed by atoms with van der Waals surface area (Å²) in [6.07, 6.45) is 1.08. The lowest BCUT2D eigenvalue weighted by Gasteiger charge is -2.50. The van der Waals surface area contributed by atoms with Gasteiger partial charge < -0.3 is 9.47 Å². The van der Waals surface area contributed by atoms with Crippen molar-refractivity contribution in [1.29, 1.82) is 0 Å². The van der Waals surface area contributed by atoms with Crippen LogP contribution < -0.4 is 0 Å². The third kappa shape index (κ3) is 3.31. The Balaban J connectivity index is 4.80. The topological polar surface area (TPSA) is 18.5 Å². The minimum absolute atomic E-state index is 0.0315. The van der Waals surface area contributed by atoms with E-state index in [4.69, 9.17) is 9.47 Å². The maximum Gasteiger partial charge on any atom is 0.0903 e. The molecular formula is C13H30O2Si. The Morgan fingerprint density at radius 3 is 1.81 bits per heavy atom. The van der Waals surface area contributed by atoms with Gasteiger partial charge in [-0.15, -0.1) is 0 Å². The zero-order chi connectivity index (χ0) is 13.0. The molecule has 0 spiro atoms. The van der Waals surface area contributed by atoms with Crippen molar-refractivity contribution in [3.05, 3.63) is 0 Å². The summed E-state index contributed by atoms with van der Waals surface area (Å²) in [6, 6.07) is 0. The number of hydrogen-bond acceptors (Lipinski definition) is 2. The van der Waals surface area contributed by atoms with E-state index in [1.165, 1.54) is 0 Å². The Kier molecular flexibility index (Phi) is 5.70. The van der Waals surface area contributed by atoms with Gasteiger partial charge in [0.15, 0.2) is 0 Å². The second kappa shape index (κ2) is 5.65. The Labute approximate surface area is 103 Å². The highest BCUT2D eigenvalue weighted by Gasteiger charge is 2.50. The van der Waals surface area contributed by atoms with Gasteiger partial charge in [-0.3, -0.25) is 0 Å². The first kappa shape index (κ1) is 16.1. The summed E-state index contributed by atoms with van der Waals surface area (Å²) in [4.78, 5) is 0. The molecule has 0 aromatic heterocycles. The van der Waals surface area contributed by atoms with Crippen molar-refractivity contribution in [3.8, 4) is 0 Å². The largest absolute Gasteiger partial charge is 0.382 e. The highest BCUT2D eigenvalue weighted by molar-refractivity contribution is 6.82. The SMILES string of the molecule is CCC(C)(OCCOC)[Si](C)(C)C(C)(C)C. The van der Waals surface area contributed by atoms with Crippen LogP contribution in [-0.2, 0) is 9.47 Å².